The van der Waals surface area contributed by atoms with Gasteiger partial charge in [0.15, 0.2) is 4.34 Å². The molecule has 152 valence electrons. The Kier molecular flexibility index (Phi) is 7.25. The monoisotopic (exact) mass is 468 g/mol. The highest BCUT2D eigenvalue weighted by Gasteiger charge is 2.23. The molecule has 2 aromatic carbocycles. The molecule has 1 heterocycles. The zero-order valence-electron chi connectivity index (χ0n) is 15.3. The Morgan fingerprint density at radius 2 is 1.83 bits per heavy atom. The van der Waals surface area contributed by atoms with E-state index in [1.54, 1.807) is 0 Å². The Morgan fingerprint density at radius 3 is 2.52 bits per heavy atom. The molecule has 1 N–H and O–H groups in total. The number of thioether (sulfide) groups is 1. The Bertz CT molecular complexity index is 1070. The molecule has 0 bridgehead atoms. The molecule has 1 aromatic heterocycles. The van der Waals surface area contributed by atoms with E-state index in [0.29, 0.717) is 14.5 Å². The maximum absolute atomic E-state index is 12.5. The van der Waals surface area contributed by atoms with Crippen LogP contribution in [0.5, 0.6) is 0 Å². The smallest absolute Gasteiger partial charge is 0.243 e. The lowest BCUT2D eigenvalue weighted by Crippen LogP contribution is -2.34. The van der Waals surface area contributed by atoms with Gasteiger partial charge in [-0.3, -0.25) is 10.1 Å². The second-order valence-corrected chi connectivity index (χ2v) is 10.6. The number of carbonyl (C=O) groups excluding carboxylic acids is 1. The molecule has 0 radical (unpaired) electrons. The SMILES string of the molecule is CN(CC(=O)Nc1nnc(SCc2ccccc2)s1)S(=O)(=O)c1ccc(Cl)cc1. The number of halogens is 1. The summed E-state index contributed by atoms with van der Waals surface area (Å²) in [5.41, 5.74) is 1.16. The van der Waals surface area contributed by atoms with Crippen LogP contribution in [-0.4, -0.2) is 42.4 Å². The summed E-state index contributed by atoms with van der Waals surface area (Å²) in [6.07, 6.45) is 0. The molecule has 0 saturated heterocycles. The fourth-order valence-corrected chi connectivity index (χ4v) is 5.25. The third-order valence-electron chi connectivity index (χ3n) is 3.75. The zero-order chi connectivity index (χ0) is 20.9. The van der Waals surface area contributed by atoms with E-state index >= 15 is 0 Å². The predicted molar refractivity (Wildman–Crippen MR) is 116 cm³/mol. The first kappa shape index (κ1) is 21.7. The first-order chi connectivity index (χ1) is 13.8. The minimum absolute atomic E-state index is 0.0627. The lowest BCUT2D eigenvalue weighted by atomic mass is 10.2. The van der Waals surface area contributed by atoms with Gasteiger partial charge in [-0.05, 0) is 29.8 Å². The molecule has 0 spiro atoms. The molecular weight excluding hydrogens is 452 g/mol. The van der Waals surface area contributed by atoms with Crippen molar-refractivity contribution < 1.29 is 13.2 Å². The van der Waals surface area contributed by atoms with E-state index in [2.05, 4.69) is 15.5 Å². The van der Waals surface area contributed by atoms with Crippen LogP contribution in [0.3, 0.4) is 0 Å². The Balaban J connectivity index is 1.55. The number of carbonyl (C=O) groups is 1. The normalized spacial score (nSPS) is 11.6. The molecule has 11 heteroatoms. The first-order valence-corrected chi connectivity index (χ1v) is 12.0. The summed E-state index contributed by atoms with van der Waals surface area (Å²) in [6.45, 7) is -0.350. The largest absolute Gasteiger partial charge is 0.299 e. The maximum atomic E-state index is 12.5. The van der Waals surface area contributed by atoms with Crippen molar-refractivity contribution in [3.63, 3.8) is 0 Å². The van der Waals surface area contributed by atoms with Gasteiger partial charge < -0.3 is 0 Å². The van der Waals surface area contributed by atoms with Crippen LogP contribution in [0, 0.1) is 0 Å². The van der Waals surface area contributed by atoms with E-state index in [9.17, 15) is 13.2 Å². The van der Waals surface area contributed by atoms with Crippen molar-refractivity contribution in [2.45, 2.75) is 15.0 Å². The van der Waals surface area contributed by atoms with Crippen LogP contribution in [0.1, 0.15) is 5.56 Å². The van der Waals surface area contributed by atoms with Crippen LogP contribution in [0.15, 0.2) is 63.8 Å². The summed E-state index contributed by atoms with van der Waals surface area (Å²) in [7, 11) is -2.46. The highest BCUT2D eigenvalue weighted by atomic mass is 35.5. The van der Waals surface area contributed by atoms with Gasteiger partial charge in [0, 0.05) is 17.8 Å². The summed E-state index contributed by atoms with van der Waals surface area (Å²) in [6, 6.07) is 15.7. The fraction of sp³-hybridized carbons (Fsp3) is 0.167. The molecule has 29 heavy (non-hydrogen) atoms. The van der Waals surface area contributed by atoms with Crippen molar-refractivity contribution in [1.82, 2.24) is 14.5 Å². The molecule has 7 nitrogen and oxygen atoms in total. The van der Waals surface area contributed by atoms with Crippen molar-refractivity contribution >= 4 is 55.8 Å². The number of nitrogens with zero attached hydrogens (tertiary/aromatic N) is 3. The topological polar surface area (TPSA) is 92.3 Å². The number of sulfonamides is 1. The number of rotatable bonds is 8. The third kappa shape index (κ3) is 6.00. The molecular formula is C18H17ClN4O3S3. The van der Waals surface area contributed by atoms with Crippen LogP contribution in [0.25, 0.3) is 0 Å². The van der Waals surface area contributed by atoms with E-state index in [4.69, 9.17) is 11.6 Å². The fourth-order valence-electron chi connectivity index (χ4n) is 2.27. The van der Waals surface area contributed by atoms with Crippen LogP contribution < -0.4 is 5.32 Å². The summed E-state index contributed by atoms with van der Waals surface area (Å²) < 4.78 is 26.7. The number of hydrogen-bond acceptors (Lipinski definition) is 7. The third-order valence-corrected chi connectivity index (χ3v) is 7.86. The van der Waals surface area contributed by atoms with Gasteiger partial charge in [-0.15, -0.1) is 10.2 Å². The minimum Gasteiger partial charge on any atom is -0.299 e. The molecule has 1 amide bonds. The second-order valence-electron chi connectivity index (χ2n) is 5.91. The quantitative estimate of drug-likeness (QED) is 0.400. The number of benzene rings is 2. The molecule has 3 aromatic rings. The van der Waals surface area contributed by atoms with Gasteiger partial charge in [0.1, 0.15) is 0 Å². The van der Waals surface area contributed by atoms with Gasteiger partial charge in [0.25, 0.3) is 0 Å². The van der Waals surface area contributed by atoms with Crippen LogP contribution in [0.2, 0.25) is 5.02 Å². The number of nitrogens with one attached hydrogen (secondary N) is 1. The number of hydrogen-bond donors (Lipinski definition) is 1. The van der Waals surface area contributed by atoms with Crippen LogP contribution in [0.4, 0.5) is 5.13 Å². The molecule has 3 rings (SSSR count). The summed E-state index contributed by atoms with van der Waals surface area (Å²) >= 11 is 8.54. The van der Waals surface area contributed by atoms with Crippen LogP contribution >= 0.6 is 34.7 Å². The van der Waals surface area contributed by atoms with Crippen molar-refractivity contribution in [2.75, 3.05) is 18.9 Å². The van der Waals surface area contributed by atoms with E-state index in [1.807, 2.05) is 30.3 Å². The molecule has 0 atom stereocenters. The number of amides is 1. The lowest BCUT2D eigenvalue weighted by molar-refractivity contribution is -0.116. The molecule has 0 aliphatic carbocycles. The molecule has 0 unspecified atom stereocenters. The molecule has 0 aliphatic heterocycles. The Hall–Kier alpha value is -1.98. The second kappa shape index (κ2) is 9.68. The highest BCUT2D eigenvalue weighted by molar-refractivity contribution is 8.00. The van der Waals surface area contributed by atoms with Crippen LogP contribution in [-0.2, 0) is 20.6 Å². The predicted octanol–water partition coefficient (Wildman–Crippen LogP) is 3.74. The minimum atomic E-state index is -3.80. The average Bonchev–Trinajstić information content (AvgIpc) is 3.14. The Morgan fingerprint density at radius 1 is 1.14 bits per heavy atom. The summed E-state index contributed by atoms with van der Waals surface area (Å²) in [5, 5.41) is 11.3. The zero-order valence-corrected chi connectivity index (χ0v) is 18.5. The van der Waals surface area contributed by atoms with E-state index in [1.165, 1.54) is 54.4 Å². The van der Waals surface area contributed by atoms with E-state index in [-0.39, 0.29) is 11.4 Å². The van der Waals surface area contributed by atoms with Gasteiger partial charge in [-0.25, -0.2) is 8.42 Å². The van der Waals surface area contributed by atoms with Gasteiger partial charge in [-0.1, -0.05) is 65.0 Å². The highest BCUT2D eigenvalue weighted by Crippen LogP contribution is 2.28. The van der Waals surface area contributed by atoms with Gasteiger partial charge in [0.2, 0.25) is 21.1 Å². The summed E-state index contributed by atoms with van der Waals surface area (Å²) in [4.78, 5) is 12.3. The molecule has 0 aliphatic rings. The average molecular weight is 469 g/mol. The number of likely N-dealkylation sites (N-methyl/N-ethyl adjacent to an activating group) is 1. The van der Waals surface area contributed by atoms with Gasteiger partial charge >= 0.3 is 0 Å². The maximum Gasteiger partial charge on any atom is 0.243 e. The van der Waals surface area contributed by atoms with Crippen molar-refractivity contribution in [3.05, 3.63) is 65.2 Å². The molecule has 0 saturated carbocycles. The lowest BCUT2D eigenvalue weighted by Gasteiger charge is -2.16. The molecule has 0 fully saturated rings. The van der Waals surface area contributed by atoms with Crippen molar-refractivity contribution in [2.24, 2.45) is 0 Å². The van der Waals surface area contributed by atoms with Gasteiger partial charge in [-0.2, -0.15) is 4.31 Å². The Labute approximate surface area is 182 Å². The number of aromatic nitrogens is 2. The standard InChI is InChI=1S/C18H17ClN4O3S3/c1-23(29(25,26)15-9-7-14(19)8-10-15)11-16(24)20-17-21-22-18(28-17)27-12-13-5-3-2-4-6-13/h2-10H,11-12H2,1H3,(H,20,21,24). The summed E-state index contributed by atoms with van der Waals surface area (Å²) in [5.74, 6) is 0.242. The van der Waals surface area contributed by atoms with Gasteiger partial charge in [0.05, 0.1) is 11.4 Å². The van der Waals surface area contributed by atoms with Crippen molar-refractivity contribution in [1.29, 1.82) is 0 Å². The van der Waals surface area contributed by atoms with Crippen molar-refractivity contribution in [3.8, 4) is 0 Å². The van der Waals surface area contributed by atoms with E-state index < -0.39 is 15.9 Å². The number of anilines is 1. The van der Waals surface area contributed by atoms with E-state index in [0.717, 1.165) is 15.6 Å². The first-order valence-electron chi connectivity index (χ1n) is 8.36.